The van der Waals surface area contributed by atoms with Crippen LogP contribution >= 0.6 is 23.4 Å². The number of halogens is 4. The quantitative estimate of drug-likeness (QED) is 0.343. The van der Waals surface area contributed by atoms with E-state index in [1.165, 1.54) is 34.6 Å². The summed E-state index contributed by atoms with van der Waals surface area (Å²) in [6, 6.07) is 11.5. The Balaban J connectivity index is 1.59. The average molecular weight is 509 g/mol. The molecule has 1 amide bonds. The van der Waals surface area contributed by atoms with Gasteiger partial charge in [-0.15, -0.1) is 11.8 Å². The number of hydrogen-bond acceptors (Lipinski definition) is 7. The molecule has 34 heavy (non-hydrogen) atoms. The Morgan fingerprint density at radius 2 is 1.91 bits per heavy atom. The lowest BCUT2D eigenvalue weighted by atomic mass is 10.1. The van der Waals surface area contributed by atoms with Crippen molar-refractivity contribution in [2.24, 2.45) is 0 Å². The number of thioether (sulfide) groups is 1. The molecule has 0 fully saturated rings. The lowest BCUT2D eigenvalue weighted by molar-refractivity contribution is -0.137. The number of hydrogen-bond donors (Lipinski definition) is 2. The van der Waals surface area contributed by atoms with Crippen molar-refractivity contribution >= 4 is 40.8 Å². The molecule has 0 saturated heterocycles. The molecule has 2 aromatic heterocycles. The summed E-state index contributed by atoms with van der Waals surface area (Å²) in [5.74, 6) is -0.305. The molecule has 0 radical (unpaired) electrons. The summed E-state index contributed by atoms with van der Waals surface area (Å²) in [5, 5.41) is 11.5. The van der Waals surface area contributed by atoms with E-state index in [4.69, 9.17) is 21.9 Å². The number of alkyl halides is 3. The summed E-state index contributed by atoms with van der Waals surface area (Å²) in [7, 11) is 0. The Morgan fingerprint density at radius 1 is 1.21 bits per heavy atom. The van der Waals surface area contributed by atoms with Gasteiger partial charge in [0.05, 0.1) is 11.3 Å². The van der Waals surface area contributed by atoms with E-state index in [1.807, 2.05) is 0 Å². The van der Waals surface area contributed by atoms with Crippen molar-refractivity contribution in [1.29, 1.82) is 0 Å². The van der Waals surface area contributed by atoms with Gasteiger partial charge in [0.2, 0.25) is 11.7 Å². The summed E-state index contributed by atoms with van der Waals surface area (Å²) in [6.45, 7) is -0.427. The van der Waals surface area contributed by atoms with Crippen molar-refractivity contribution in [3.05, 3.63) is 59.1 Å². The SMILES string of the molecule is CSc1nn(CC(=O)Nc2ccccc2C(F)(F)F)c(N)c1-c1nc(-c2ccc(Cl)cc2)no1. The van der Waals surface area contributed by atoms with E-state index in [9.17, 15) is 18.0 Å². The monoisotopic (exact) mass is 508 g/mol. The number of benzene rings is 2. The zero-order chi connectivity index (χ0) is 24.5. The Hall–Kier alpha value is -3.51. The van der Waals surface area contributed by atoms with Crippen molar-refractivity contribution in [3.8, 4) is 22.8 Å². The first kappa shape index (κ1) is 23.6. The fourth-order valence-electron chi connectivity index (χ4n) is 3.12. The minimum Gasteiger partial charge on any atom is -0.383 e. The predicted octanol–water partition coefficient (Wildman–Crippen LogP) is 5.22. The molecular weight excluding hydrogens is 493 g/mol. The Labute approximate surface area is 200 Å². The number of rotatable bonds is 6. The van der Waals surface area contributed by atoms with Crippen LogP contribution in [0.15, 0.2) is 58.1 Å². The van der Waals surface area contributed by atoms with Crippen LogP contribution < -0.4 is 11.1 Å². The highest BCUT2D eigenvalue weighted by atomic mass is 35.5. The molecule has 0 atom stereocenters. The van der Waals surface area contributed by atoms with Gasteiger partial charge in [-0.1, -0.05) is 28.9 Å². The molecule has 0 aliphatic carbocycles. The first-order chi connectivity index (χ1) is 16.2. The van der Waals surface area contributed by atoms with Crippen molar-refractivity contribution in [2.75, 3.05) is 17.3 Å². The Morgan fingerprint density at radius 3 is 2.59 bits per heavy atom. The maximum atomic E-state index is 13.2. The highest BCUT2D eigenvalue weighted by molar-refractivity contribution is 7.98. The number of nitrogens with zero attached hydrogens (tertiary/aromatic N) is 4. The first-order valence-electron chi connectivity index (χ1n) is 9.63. The second-order valence-electron chi connectivity index (χ2n) is 6.95. The third kappa shape index (κ3) is 4.87. The molecule has 0 saturated carbocycles. The molecule has 0 bridgehead atoms. The minimum absolute atomic E-state index is 0.0508. The summed E-state index contributed by atoms with van der Waals surface area (Å²) in [5.41, 5.74) is 5.87. The fourth-order valence-corrected chi connectivity index (χ4v) is 3.83. The van der Waals surface area contributed by atoms with Crippen LogP contribution in [0.1, 0.15) is 5.56 Å². The van der Waals surface area contributed by atoms with E-state index >= 15 is 0 Å². The van der Waals surface area contributed by atoms with Gasteiger partial charge in [-0.3, -0.25) is 4.79 Å². The summed E-state index contributed by atoms with van der Waals surface area (Å²) < 4.78 is 46.1. The largest absolute Gasteiger partial charge is 0.418 e. The number of para-hydroxylation sites is 1. The number of carbonyl (C=O) groups is 1. The van der Waals surface area contributed by atoms with Gasteiger partial charge in [0.25, 0.3) is 5.89 Å². The molecule has 4 aromatic rings. The van der Waals surface area contributed by atoms with E-state index in [-0.39, 0.29) is 17.4 Å². The minimum atomic E-state index is -4.62. The molecule has 0 spiro atoms. The number of nitrogen functional groups attached to an aromatic ring is 1. The molecule has 0 unspecified atom stereocenters. The van der Waals surface area contributed by atoms with Gasteiger partial charge in [-0.05, 0) is 42.7 Å². The number of carbonyl (C=O) groups excluding carboxylic acids is 1. The number of nitrogens with one attached hydrogen (secondary N) is 1. The molecule has 8 nitrogen and oxygen atoms in total. The third-order valence-corrected chi connectivity index (χ3v) is 5.62. The zero-order valence-corrected chi connectivity index (χ0v) is 19.0. The third-order valence-electron chi connectivity index (χ3n) is 4.70. The first-order valence-corrected chi connectivity index (χ1v) is 11.2. The molecule has 0 aliphatic rings. The van der Waals surface area contributed by atoms with Gasteiger partial charge in [0, 0.05) is 10.6 Å². The number of anilines is 2. The second kappa shape index (κ2) is 9.39. The topological polar surface area (TPSA) is 112 Å². The van der Waals surface area contributed by atoms with Crippen LogP contribution in [-0.2, 0) is 17.5 Å². The molecule has 2 aromatic carbocycles. The van der Waals surface area contributed by atoms with E-state index < -0.39 is 24.2 Å². The lowest BCUT2D eigenvalue weighted by Crippen LogP contribution is -2.22. The zero-order valence-electron chi connectivity index (χ0n) is 17.4. The van der Waals surface area contributed by atoms with Crippen molar-refractivity contribution < 1.29 is 22.5 Å². The number of aromatic nitrogens is 4. The van der Waals surface area contributed by atoms with Gasteiger partial charge in [-0.25, -0.2) is 4.68 Å². The second-order valence-corrected chi connectivity index (χ2v) is 8.18. The predicted molar refractivity (Wildman–Crippen MR) is 122 cm³/mol. The summed E-state index contributed by atoms with van der Waals surface area (Å²) >= 11 is 7.14. The van der Waals surface area contributed by atoms with E-state index in [0.29, 0.717) is 27.0 Å². The number of nitrogens with two attached hydrogens (primary N) is 1. The normalized spacial score (nSPS) is 11.6. The molecule has 176 valence electrons. The number of amides is 1. The van der Waals surface area contributed by atoms with E-state index in [2.05, 4.69) is 20.6 Å². The van der Waals surface area contributed by atoms with Crippen LogP contribution in [0.4, 0.5) is 24.7 Å². The van der Waals surface area contributed by atoms with Crippen molar-refractivity contribution in [3.63, 3.8) is 0 Å². The van der Waals surface area contributed by atoms with Crippen LogP contribution in [0.2, 0.25) is 5.02 Å². The fraction of sp³-hybridized carbons (Fsp3) is 0.143. The van der Waals surface area contributed by atoms with Gasteiger partial charge in [-0.2, -0.15) is 23.3 Å². The molecule has 0 aliphatic heterocycles. The lowest BCUT2D eigenvalue weighted by Gasteiger charge is -2.13. The summed E-state index contributed by atoms with van der Waals surface area (Å²) in [4.78, 5) is 16.9. The van der Waals surface area contributed by atoms with Crippen LogP contribution in [0.5, 0.6) is 0 Å². The smallest absolute Gasteiger partial charge is 0.383 e. The standard InChI is InChI=1S/C21H16ClF3N6O2S/c1-34-20-16(19-28-18(30-33-19)11-6-8-12(22)9-7-11)17(26)31(29-20)10-15(32)27-14-5-3-2-4-13(14)21(23,24)25/h2-9H,10,26H2,1H3,(H,27,32). The van der Waals surface area contributed by atoms with E-state index in [0.717, 1.165) is 6.07 Å². The highest BCUT2D eigenvalue weighted by Gasteiger charge is 2.33. The van der Waals surface area contributed by atoms with Crippen LogP contribution in [0, 0.1) is 0 Å². The maximum absolute atomic E-state index is 13.2. The van der Waals surface area contributed by atoms with Crippen molar-refractivity contribution in [1.82, 2.24) is 19.9 Å². The molecule has 13 heteroatoms. The Bertz CT molecular complexity index is 1340. The molecule has 4 rings (SSSR count). The maximum Gasteiger partial charge on any atom is 0.418 e. The average Bonchev–Trinajstić information content (AvgIpc) is 3.38. The van der Waals surface area contributed by atoms with Gasteiger partial charge in [0.1, 0.15) is 23.0 Å². The summed E-state index contributed by atoms with van der Waals surface area (Å²) in [6.07, 6.45) is -2.88. The van der Waals surface area contributed by atoms with E-state index in [1.54, 1.807) is 30.5 Å². The highest BCUT2D eigenvalue weighted by Crippen LogP contribution is 2.36. The molecular formula is C21H16ClF3N6O2S. The van der Waals surface area contributed by atoms with Crippen LogP contribution in [-0.4, -0.2) is 32.1 Å². The van der Waals surface area contributed by atoms with Gasteiger partial charge < -0.3 is 15.6 Å². The van der Waals surface area contributed by atoms with Crippen molar-refractivity contribution in [2.45, 2.75) is 17.7 Å². The van der Waals surface area contributed by atoms with Gasteiger partial charge in [0.15, 0.2) is 0 Å². The molecule has 3 N–H and O–H groups in total. The Kier molecular flexibility index (Phi) is 6.53. The van der Waals surface area contributed by atoms with Gasteiger partial charge >= 0.3 is 6.18 Å². The molecule has 2 heterocycles. The van der Waals surface area contributed by atoms with Crippen LogP contribution in [0.25, 0.3) is 22.8 Å². The van der Waals surface area contributed by atoms with Crippen LogP contribution in [0.3, 0.4) is 0 Å².